The number of hydrogen-bond donors (Lipinski definition) is 2. The van der Waals surface area contributed by atoms with Gasteiger partial charge in [0.25, 0.3) is 0 Å². The van der Waals surface area contributed by atoms with Crippen LogP contribution in [-0.2, 0) is 22.4 Å². The molecule has 0 amide bonds. The second-order valence-corrected chi connectivity index (χ2v) is 7.31. The number of aromatic hydroxyl groups is 2. The Labute approximate surface area is 193 Å². The van der Waals surface area contributed by atoms with Crippen LogP contribution >= 0.6 is 11.6 Å². The van der Waals surface area contributed by atoms with Crippen molar-refractivity contribution in [2.24, 2.45) is 5.16 Å². The van der Waals surface area contributed by atoms with Gasteiger partial charge >= 0.3 is 5.97 Å². The van der Waals surface area contributed by atoms with Gasteiger partial charge in [-0.3, -0.25) is 0 Å². The maximum Gasteiger partial charge on any atom is 0.342 e. The van der Waals surface area contributed by atoms with Gasteiger partial charge in [-0.1, -0.05) is 66.2 Å². The van der Waals surface area contributed by atoms with Crippen molar-refractivity contribution in [3.8, 4) is 11.5 Å². The lowest BCUT2D eigenvalue weighted by Crippen LogP contribution is -2.13. The van der Waals surface area contributed by atoms with Gasteiger partial charge in [-0.25, -0.2) is 4.79 Å². The van der Waals surface area contributed by atoms with Gasteiger partial charge in [0.05, 0.1) is 17.3 Å². The van der Waals surface area contributed by atoms with Crippen LogP contribution in [0.1, 0.15) is 41.3 Å². The first kappa shape index (κ1) is 25.0. The fraction of sp³-hybridized carbons (Fsp3) is 0.280. The molecule has 0 aliphatic rings. The van der Waals surface area contributed by atoms with E-state index in [9.17, 15) is 15.0 Å². The molecule has 170 valence electrons. The summed E-state index contributed by atoms with van der Waals surface area (Å²) in [6.07, 6.45) is 7.22. The molecule has 0 unspecified atom stereocenters. The molecule has 0 fully saturated rings. The Kier molecular flexibility index (Phi) is 10.3. The minimum absolute atomic E-state index is 0.0501. The van der Waals surface area contributed by atoms with Gasteiger partial charge in [-0.15, -0.1) is 6.58 Å². The third-order valence-electron chi connectivity index (χ3n) is 4.49. The van der Waals surface area contributed by atoms with Gasteiger partial charge in [0.1, 0.15) is 23.7 Å². The summed E-state index contributed by atoms with van der Waals surface area (Å²) in [4.78, 5) is 18.1. The molecule has 0 radical (unpaired) electrons. The number of phenols is 2. The van der Waals surface area contributed by atoms with Crippen molar-refractivity contribution in [2.45, 2.75) is 32.6 Å². The molecule has 0 aliphatic carbocycles. The van der Waals surface area contributed by atoms with Crippen molar-refractivity contribution in [1.82, 2.24) is 0 Å². The maximum atomic E-state index is 12.6. The van der Waals surface area contributed by atoms with Crippen molar-refractivity contribution >= 4 is 23.3 Å². The maximum absolute atomic E-state index is 12.6. The first-order chi connectivity index (χ1) is 15.5. The van der Waals surface area contributed by atoms with E-state index in [1.165, 1.54) is 0 Å². The molecule has 2 N–H and O–H groups in total. The lowest BCUT2D eigenvalue weighted by molar-refractivity contribution is 0.0507. The van der Waals surface area contributed by atoms with Crippen LogP contribution in [0.5, 0.6) is 11.5 Å². The molecule has 0 bridgehead atoms. The summed E-state index contributed by atoms with van der Waals surface area (Å²) in [7, 11) is 0. The number of nitrogens with zero attached hydrogens (tertiary/aromatic N) is 1. The van der Waals surface area contributed by atoms with Crippen molar-refractivity contribution in [2.75, 3.05) is 13.2 Å². The van der Waals surface area contributed by atoms with Crippen LogP contribution in [-0.4, -0.2) is 35.1 Å². The van der Waals surface area contributed by atoms with E-state index < -0.39 is 11.7 Å². The Morgan fingerprint density at radius 1 is 1.19 bits per heavy atom. The second kappa shape index (κ2) is 13.2. The Bertz CT molecular complexity index is 970. The summed E-state index contributed by atoms with van der Waals surface area (Å²) in [5, 5.41) is 24.5. The molecular weight excluding hydrogens is 430 g/mol. The number of esters is 1. The molecule has 0 aromatic heterocycles. The summed E-state index contributed by atoms with van der Waals surface area (Å²) in [6.45, 7) is 6.03. The molecule has 0 spiro atoms. The molecule has 2 rings (SSSR count). The smallest absolute Gasteiger partial charge is 0.342 e. The number of hydrogen-bond acceptors (Lipinski definition) is 6. The third kappa shape index (κ3) is 7.46. The highest BCUT2D eigenvalue weighted by Gasteiger charge is 2.24. The van der Waals surface area contributed by atoms with E-state index in [-0.39, 0.29) is 34.9 Å². The Balaban J connectivity index is 2.26. The number of benzene rings is 2. The highest BCUT2D eigenvalue weighted by Crippen LogP contribution is 2.37. The molecule has 6 nitrogen and oxygen atoms in total. The molecule has 32 heavy (non-hydrogen) atoms. The van der Waals surface area contributed by atoms with Gasteiger partial charge in [0.15, 0.2) is 0 Å². The Morgan fingerprint density at radius 3 is 2.62 bits per heavy atom. The fourth-order valence-electron chi connectivity index (χ4n) is 2.88. The number of carbonyl (C=O) groups excluding carboxylic acids is 1. The number of oxime groups is 1. The van der Waals surface area contributed by atoms with Crippen LogP contribution in [0.4, 0.5) is 0 Å². The van der Waals surface area contributed by atoms with Crippen LogP contribution in [0.15, 0.2) is 66.4 Å². The fourth-order valence-corrected chi connectivity index (χ4v) is 3.09. The molecule has 0 saturated heterocycles. The van der Waals surface area contributed by atoms with Crippen molar-refractivity contribution < 1.29 is 24.6 Å². The van der Waals surface area contributed by atoms with Gasteiger partial charge in [0.2, 0.25) is 0 Å². The second-order valence-electron chi connectivity index (χ2n) is 6.93. The summed E-state index contributed by atoms with van der Waals surface area (Å²) >= 11 is 6.29. The van der Waals surface area contributed by atoms with E-state index in [4.69, 9.17) is 21.2 Å². The standard InChI is InChI=1S/C25H28ClNO5/c1-3-5-12-19(27-32-15-13-18-10-8-7-9-11-18)16-20-23(25(30)31-14-6-4-2)21(28)17-22(29)24(20)26/h4-5,7-12,17,28-29H,2-3,6,13-16H2,1H3/b12-5+,27-19+. The Morgan fingerprint density at radius 2 is 1.94 bits per heavy atom. The number of ether oxygens (including phenoxy) is 1. The highest BCUT2D eigenvalue weighted by atomic mass is 35.5. The summed E-state index contributed by atoms with van der Waals surface area (Å²) in [5.41, 5.74) is 1.70. The van der Waals surface area contributed by atoms with E-state index in [1.807, 2.05) is 43.3 Å². The monoisotopic (exact) mass is 457 g/mol. The minimum atomic E-state index is -0.745. The van der Waals surface area contributed by atoms with Crippen molar-refractivity contribution in [3.63, 3.8) is 0 Å². The molecular formula is C25H28ClNO5. The number of carbonyl (C=O) groups is 1. The summed E-state index contributed by atoms with van der Waals surface area (Å²) in [5.74, 6) is -1.51. The topological polar surface area (TPSA) is 88.4 Å². The quantitative estimate of drug-likeness (QED) is 0.142. The third-order valence-corrected chi connectivity index (χ3v) is 4.91. The molecule has 0 heterocycles. The highest BCUT2D eigenvalue weighted by molar-refractivity contribution is 6.33. The van der Waals surface area contributed by atoms with Crippen LogP contribution in [0, 0.1) is 0 Å². The van der Waals surface area contributed by atoms with Crippen LogP contribution < -0.4 is 0 Å². The van der Waals surface area contributed by atoms with Gasteiger partial charge in [-0.2, -0.15) is 0 Å². The molecule has 2 aromatic rings. The van der Waals surface area contributed by atoms with Gasteiger partial charge < -0.3 is 19.8 Å². The zero-order chi connectivity index (χ0) is 23.3. The lowest BCUT2D eigenvalue weighted by atomic mass is 9.99. The molecule has 2 aromatic carbocycles. The molecule has 7 heteroatoms. The van der Waals surface area contributed by atoms with Crippen molar-refractivity contribution in [1.29, 1.82) is 0 Å². The van der Waals surface area contributed by atoms with E-state index >= 15 is 0 Å². The van der Waals surface area contributed by atoms with E-state index in [1.54, 1.807) is 12.2 Å². The summed E-state index contributed by atoms with van der Waals surface area (Å²) < 4.78 is 5.20. The number of allylic oxidation sites excluding steroid dienone is 2. The Hall–Kier alpha value is -3.25. The normalized spacial score (nSPS) is 11.5. The van der Waals surface area contributed by atoms with Crippen LogP contribution in [0.2, 0.25) is 5.02 Å². The number of halogens is 1. The van der Waals surface area contributed by atoms with Crippen molar-refractivity contribution in [3.05, 3.63) is 82.9 Å². The molecule has 0 saturated carbocycles. The first-order valence-corrected chi connectivity index (χ1v) is 10.8. The number of rotatable bonds is 12. The predicted molar refractivity (Wildman–Crippen MR) is 127 cm³/mol. The van der Waals surface area contributed by atoms with E-state index in [2.05, 4.69) is 11.7 Å². The van der Waals surface area contributed by atoms with E-state index in [0.717, 1.165) is 18.1 Å². The van der Waals surface area contributed by atoms with Gasteiger partial charge in [0, 0.05) is 18.9 Å². The van der Waals surface area contributed by atoms with Crippen LogP contribution in [0.25, 0.3) is 0 Å². The zero-order valence-electron chi connectivity index (χ0n) is 18.1. The molecule has 0 atom stereocenters. The first-order valence-electron chi connectivity index (χ1n) is 10.4. The largest absolute Gasteiger partial charge is 0.507 e. The average molecular weight is 458 g/mol. The van der Waals surface area contributed by atoms with E-state index in [0.29, 0.717) is 25.2 Å². The lowest BCUT2D eigenvalue weighted by Gasteiger charge is -2.14. The van der Waals surface area contributed by atoms with Crippen LogP contribution in [0.3, 0.4) is 0 Å². The predicted octanol–water partition coefficient (Wildman–Crippen LogP) is 5.61. The summed E-state index contributed by atoms with van der Waals surface area (Å²) in [6, 6.07) is 10.9. The minimum Gasteiger partial charge on any atom is -0.507 e. The average Bonchev–Trinajstić information content (AvgIpc) is 2.78. The van der Waals surface area contributed by atoms with Gasteiger partial charge in [-0.05, 0) is 30.0 Å². The zero-order valence-corrected chi connectivity index (χ0v) is 18.8. The molecule has 0 aliphatic heterocycles. The number of phenolic OH excluding ortho intramolecular Hbond substituents is 2. The SMILES string of the molecule is C=CCCOC(=O)c1c(O)cc(O)c(Cl)c1CC(/C=C/CC)=N/OCCc1ccccc1.